The number of hydrogen-bond donors (Lipinski definition) is 2. The summed E-state index contributed by atoms with van der Waals surface area (Å²) in [5.41, 5.74) is 13.4. The minimum absolute atomic E-state index is 0.204. The van der Waals surface area contributed by atoms with Crippen molar-refractivity contribution in [3.05, 3.63) is 77.4 Å². The van der Waals surface area contributed by atoms with Crippen molar-refractivity contribution < 1.29 is 5.11 Å². The number of benzene rings is 2. The first kappa shape index (κ1) is 22.8. The fourth-order valence-corrected chi connectivity index (χ4v) is 5.08. The van der Waals surface area contributed by atoms with Gasteiger partial charge in [-0.2, -0.15) is 0 Å². The van der Waals surface area contributed by atoms with E-state index in [0.29, 0.717) is 6.04 Å². The molecular formula is C28H37N3O. The molecule has 0 aromatic heterocycles. The number of rotatable bonds is 7. The van der Waals surface area contributed by atoms with Gasteiger partial charge in [-0.3, -0.25) is 4.90 Å². The minimum Gasteiger partial charge on any atom is -0.399 e. The molecular weight excluding hydrogens is 394 g/mol. The molecule has 32 heavy (non-hydrogen) atoms. The SMILES string of the molecule is CN1CCN(C2CC=C(/C(=C(/CCCO)c3ccccc3)c3ccc(N)cc3)CC2)CC1. The van der Waals surface area contributed by atoms with Gasteiger partial charge in [0.1, 0.15) is 0 Å². The molecule has 1 unspecified atom stereocenters. The first-order valence-electron chi connectivity index (χ1n) is 12.0. The Morgan fingerprint density at radius 2 is 1.69 bits per heavy atom. The van der Waals surface area contributed by atoms with E-state index in [1.807, 2.05) is 12.1 Å². The summed E-state index contributed by atoms with van der Waals surface area (Å²) in [6.45, 7) is 4.90. The average Bonchev–Trinajstić information content (AvgIpc) is 2.84. The van der Waals surface area contributed by atoms with Crippen molar-refractivity contribution in [1.29, 1.82) is 0 Å². The lowest BCUT2D eigenvalue weighted by Crippen LogP contribution is -2.49. The average molecular weight is 432 g/mol. The third-order valence-corrected chi connectivity index (χ3v) is 6.97. The predicted molar refractivity (Wildman–Crippen MR) is 135 cm³/mol. The van der Waals surface area contributed by atoms with E-state index in [1.165, 1.54) is 60.4 Å². The van der Waals surface area contributed by atoms with E-state index < -0.39 is 0 Å². The smallest absolute Gasteiger partial charge is 0.0434 e. The number of nitrogens with zero attached hydrogens (tertiary/aromatic N) is 2. The Kier molecular flexibility index (Phi) is 7.80. The number of anilines is 1. The van der Waals surface area contributed by atoms with Gasteiger partial charge >= 0.3 is 0 Å². The van der Waals surface area contributed by atoms with Crippen molar-refractivity contribution in [2.75, 3.05) is 45.6 Å². The third kappa shape index (κ3) is 5.50. The summed E-state index contributed by atoms with van der Waals surface area (Å²) in [5, 5.41) is 9.60. The maximum atomic E-state index is 9.60. The van der Waals surface area contributed by atoms with Crippen molar-refractivity contribution in [3.8, 4) is 0 Å². The van der Waals surface area contributed by atoms with E-state index in [1.54, 1.807) is 0 Å². The maximum absolute atomic E-state index is 9.60. The number of aliphatic hydroxyl groups is 1. The second-order valence-electron chi connectivity index (χ2n) is 9.17. The van der Waals surface area contributed by atoms with E-state index >= 15 is 0 Å². The van der Waals surface area contributed by atoms with Gasteiger partial charge in [-0.15, -0.1) is 0 Å². The van der Waals surface area contributed by atoms with Crippen LogP contribution in [0.25, 0.3) is 11.1 Å². The highest BCUT2D eigenvalue weighted by Crippen LogP contribution is 2.40. The normalized spacial score (nSPS) is 21.2. The van der Waals surface area contributed by atoms with Gasteiger partial charge in [0, 0.05) is 44.5 Å². The van der Waals surface area contributed by atoms with Crippen LogP contribution in [0, 0.1) is 0 Å². The summed E-state index contributed by atoms with van der Waals surface area (Å²) in [7, 11) is 2.22. The molecule has 2 aromatic rings. The second kappa shape index (κ2) is 11.0. The Hall–Kier alpha value is -2.40. The molecule has 0 saturated carbocycles. The standard InChI is InChI=1S/C28H37N3O/c1-30-17-19-31(20-18-30)26-15-11-24(12-16-26)28(23-9-13-25(29)14-10-23)27(8-5-21-32)22-6-3-2-4-7-22/h2-4,6-7,9-11,13-14,26,32H,5,8,12,15-21,29H2,1H3/b28-27-. The van der Waals surface area contributed by atoms with E-state index in [4.69, 9.17) is 5.73 Å². The van der Waals surface area contributed by atoms with Crippen molar-refractivity contribution >= 4 is 16.8 Å². The van der Waals surface area contributed by atoms with E-state index in [9.17, 15) is 5.11 Å². The van der Waals surface area contributed by atoms with Crippen LogP contribution in [0.2, 0.25) is 0 Å². The van der Waals surface area contributed by atoms with Crippen LogP contribution in [0.3, 0.4) is 0 Å². The largest absolute Gasteiger partial charge is 0.399 e. The van der Waals surface area contributed by atoms with Crippen LogP contribution < -0.4 is 5.73 Å². The molecule has 2 aromatic carbocycles. The monoisotopic (exact) mass is 431 g/mol. The van der Waals surface area contributed by atoms with Crippen LogP contribution in [0.15, 0.2) is 66.2 Å². The van der Waals surface area contributed by atoms with E-state index in [0.717, 1.165) is 31.4 Å². The number of piperazine rings is 1. The molecule has 0 bridgehead atoms. The Balaban J connectivity index is 1.69. The zero-order valence-electron chi connectivity index (χ0n) is 19.3. The molecule has 1 atom stereocenters. The van der Waals surface area contributed by atoms with Gasteiger partial charge in [-0.1, -0.05) is 48.5 Å². The molecule has 1 fully saturated rings. The lowest BCUT2D eigenvalue weighted by Gasteiger charge is -2.39. The predicted octanol–water partition coefficient (Wildman–Crippen LogP) is 4.68. The van der Waals surface area contributed by atoms with Crippen LogP contribution in [-0.2, 0) is 0 Å². The molecule has 3 N–H and O–H groups in total. The number of likely N-dealkylation sites (N-methyl/N-ethyl adjacent to an activating group) is 1. The molecule has 4 rings (SSSR count). The van der Waals surface area contributed by atoms with Gasteiger partial charge < -0.3 is 15.7 Å². The zero-order chi connectivity index (χ0) is 22.3. The molecule has 4 heteroatoms. The Morgan fingerprint density at radius 1 is 0.969 bits per heavy atom. The molecule has 0 radical (unpaired) electrons. The van der Waals surface area contributed by atoms with Crippen LogP contribution >= 0.6 is 0 Å². The van der Waals surface area contributed by atoms with Gasteiger partial charge in [0.25, 0.3) is 0 Å². The van der Waals surface area contributed by atoms with Crippen LogP contribution in [0.4, 0.5) is 5.69 Å². The minimum atomic E-state index is 0.204. The Morgan fingerprint density at radius 3 is 2.31 bits per heavy atom. The number of allylic oxidation sites excluding steroid dienone is 3. The Bertz CT molecular complexity index is 925. The summed E-state index contributed by atoms with van der Waals surface area (Å²) in [6.07, 6.45) is 7.52. The summed E-state index contributed by atoms with van der Waals surface area (Å²) in [4.78, 5) is 5.11. The topological polar surface area (TPSA) is 52.7 Å². The lowest BCUT2D eigenvalue weighted by molar-refractivity contribution is 0.106. The first-order valence-corrected chi connectivity index (χ1v) is 12.0. The van der Waals surface area contributed by atoms with Crippen molar-refractivity contribution in [2.24, 2.45) is 0 Å². The van der Waals surface area contributed by atoms with Crippen molar-refractivity contribution in [2.45, 2.75) is 38.1 Å². The summed E-state index contributed by atoms with van der Waals surface area (Å²) in [5.74, 6) is 0. The molecule has 2 aliphatic rings. The second-order valence-corrected chi connectivity index (χ2v) is 9.17. The summed E-state index contributed by atoms with van der Waals surface area (Å²) in [6, 6.07) is 19.6. The molecule has 1 aliphatic heterocycles. The first-order chi connectivity index (χ1) is 15.7. The molecule has 0 spiro atoms. The van der Waals surface area contributed by atoms with Gasteiger partial charge in [0.2, 0.25) is 0 Å². The van der Waals surface area contributed by atoms with Crippen LogP contribution in [0.1, 0.15) is 43.2 Å². The van der Waals surface area contributed by atoms with Crippen LogP contribution in [0.5, 0.6) is 0 Å². The highest BCUT2D eigenvalue weighted by Gasteiger charge is 2.26. The number of aliphatic hydroxyl groups excluding tert-OH is 1. The molecule has 1 aliphatic carbocycles. The zero-order valence-corrected chi connectivity index (χ0v) is 19.3. The van der Waals surface area contributed by atoms with E-state index in [-0.39, 0.29) is 6.61 Å². The molecule has 1 saturated heterocycles. The molecule has 4 nitrogen and oxygen atoms in total. The fraction of sp³-hybridized carbons (Fsp3) is 0.429. The number of hydrogen-bond acceptors (Lipinski definition) is 4. The number of nitrogens with two attached hydrogens (primary N) is 1. The summed E-state index contributed by atoms with van der Waals surface area (Å²) >= 11 is 0. The van der Waals surface area contributed by atoms with Crippen molar-refractivity contribution in [3.63, 3.8) is 0 Å². The Labute approximate surface area is 193 Å². The van der Waals surface area contributed by atoms with E-state index in [2.05, 4.69) is 65.4 Å². The quantitative estimate of drug-likeness (QED) is 0.494. The number of nitrogen functional groups attached to an aromatic ring is 1. The maximum Gasteiger partial charge on any atom is 0.0434 e. The van der Waals surface area contributed by atoms with Gasteiger partial charge in [0.05, 0.1) is 0 Å². The summed E-state index contributed by atoms with van der Waals surface area (Å²) < 4.78 is 0. The molecule has 0 amide bonds. The van der Waals surface area contributed by atoms with Crippen molar-refractivity contribution in [1.82, 2.24) is 9.80 Å². The van der Waals surface area contributed by atoms with Crippen LogP contribution in [-0.4, -0.2) is 60.8 Å². The fourth-order valence-electron chi connectivity index (χ4n) is 5.08. The molecule has 170 valence electrons. The van der Waals surface area contributed by atoms with Gasteiger partial charge in [-0.05, 0) is 79.1 Å². The lowest BCUT2D eigenvalue weighted by atomic mass is 9.81. The third-order valence-electron chi connectivity index (χ3n) is 6.97. The highest BCUT2D eigenvalue weighted by atomic mass is 16.2. The highest BCUT2D eigenvalue weighted by molar-refractivity contribution is 5.98. The van der Waals surface area contributed by atoms with Gasteiger partial charge in [0.15, 0.2) is 0 Å². The molecule has 1 heterocycles. The van der Waals surface area contributed by atoms with Gasteiger partial charge in [-0.25, -0.2) is 0 Å².